The van der Waals surface area contributed by atoms with Gasteiger partial charge in [-0.15, -0.1) is 0 Å². The van der Waals surface area contributed by atoms with Crippen LogP contribution in [0.3, 0.4) is 0 Å². The quantitative estimate of drug-likeness (QED) is 0.329. The first-order chi connectivity index (χ1) is 11.5. The van der Waals surface area contributed by atoms with E-state index in [1.165, 1.54) is 0 Å². The van der Waals surface area contributed by atoms with E-state index >= 15 is 0 Å². The highest BCUT2D eigenvalue weighted by Crippen LogP contribution is 2.11. The van der Waals surface area contributed by atoms with Gasteiger partial charge in [0.25, 0.3) is 0 Å². The average molecular weight is 358 g/mol. The van der Waals surface area contributed by atoms with Crippen molar-refractivity contribution in [2.24, 2.45) is 23.3 Å². The molecule has 0 aliphatic carbocycles. The van der Waals surface area contributed by atoms with E-state index in [9.17, 15) is 24.3 Å². The molecular formula is C16H30N4O5. The van der Waals surface area contributed by atoms with Gasteiger partial charge in [0.1, 0.15) is 12.1 Å². The van der Waals surface area contributed by atoms with Crippen molar-refractivity contribution in [3.8, 4) is 0 Å². The Morgan fingerprint density at radius 1 is 1.00 bits per heavy atom. The summed E-state index contributed by atoms with van der Waals surface area (Å²) in [5.74, 6) is -3.41. The first-order valence-electron chi connectivity index (χ1n) is 8.38. The van der Waals surface area contributed by atoms with E-state index < -0.39 is 41.8 Å². The van der Waals surface area contributed by atoms with Crippen LogP contribution in [-0.4, -0.2) is 46.9 Å². The molecule has 0 heterocycles. The summed E-state index contributed by atoms with van der Waals surface area (Å²) in [5.41, 5.74) is 10.7. The summed E-state index contributed by atoms with van der Waals surface area (Å²) in [6.45, 7) is 6.97. The lowest BCUT2D eigenvalue weighted by Crippen LogP contribution is -2.57. The number of carboxylic acids is 1. The molecule has 7 N–H and O–H groups in total. The topological polar surface area (TPSA) is 165 Å². The Bertz CT molecular complexity index is 495. The molecule has 0 saturated carbocycles. The number of hydrogen-bond acceptors (Lipinski definition) is 5. The van der Waals surface area contributed by atoms with E-state index in [0.29, 0.717) is 6.42 Å². The normalized spacial score (nSPS) is 15.8. The highest BCUT2D eigenvalue weighted by Gasteiger charge is 2.32. The minimum Gasteiger partial charge on any atom is -0.480 e. The van der Waals surface area contributed by atoms with E-state index in [0.717, 1.165) is 0 Å². The number of aliphatic carboxylic acids is 1. The Hall–Kier alpha value is -2.16. The molecule has 3 amide bonds. The lowest BCUT2D eigenvalue weighted by Gasteiger charge is -2.27. The monoisotopic (exact) mass is 358 g/mol. The SMILES string of the molecule is CCC(C)C(NC(=O)C(N)CCC(N)=O)C(=O)NC(C(=O)O)C(C)C. The Morgan fingerprint density at radius 2 is 1.52 bits per heavy atom. The lowest BCUT2D eigenvalue weighted by atomic mass is 9.96. The molecule has 9 heteroatoms. The zero-order chi connectivity index (χ0) is 19.7. The number of hydrogen-bond donors (Lipinski definition) is 5. The number of nitrogens with two attached hydrogens (primary N) is 2. The number of nitrogens with one attached hydrogen (secondary N) is 2. The Balaban J connectivity index is 5.05. The number of carbonyl (C=O) groups is 4. The number of rotatable bonds is 11. The molecule has 9 nitrogen and oxygen atoms in total. The number of carboxylic acid groups (broad SMARTS) is 1. The second-order valence-electron chi connectivity index (χ2n) is 6.55. The van der Waals surface area contributed by atoms with E-state index in [1.54, 1.807) is 20.8 Å². The number of amides is 3. The minimum absolute atomic E-state index is 0.0385. The second-order valence-corrected chi connectivity index (χ2v) is 6.55. The molecule has 4 unspecified atom stereocenters. The predicted molar refractivity (Wildman–Crippen MR) is 92.2 cm³/mol. The van der Waals surface area contributed by atoms with Gasteiger partial charge in [-0.25, -0.2) is 4.79 Å². The van der Waals surface area contributed by atoms with E-state index in [-0.39, 0.29) is 24.7 Å². The smallest absolute Gasteiger partial charge is 0.326 e. The maximum atomic E-state index is 12.5. The van der Waals surface area contributed by atoms with Gasteiger partial charge < -0.3 is 27.2 Å². The fraction of sp³-hybridized carbons (Fsp3) is 0.750. The third kappa shape index (κ3) is 7.97. The van der Waals surface area contributed by atoms with Crippen molar-refractivity contribution in [2.45, 2.75) is 65.1 Å². The van der Waals surface area contributed by atoms with Gasteiger partial charge in [-0.3, -0.25) is 14.4 Å². The van der Waals surface area contributed by atoms with Gasteiger partial charge in [-0.05, 0) is 18.3 Å². The van der Waals surface area contributed by atoms with Gasteiger partial charge in [-0.2, -0.15) is 0 Å². The molecule has 0 aliphatic rings. The second kappa shape index (κ2) is 10.7. The molecule has 0 aromatic rings. The molecular weight excluding hydrogens is 328 g/mol. The van der Waals surface area contributed by atoms with Crippen LogP contribution >= 0.6 is 0 Å². The largest absolute Gasteiger partial charge is 0.480 e. The molecule has 0 radical (unpaired) electrons. The minimum atomic E-state index is -1.14. The highest BCUT2D eigenvalue weighted by atomic mass is 16.4. The van der Waals surface area contributed by atoms with Crippen LogP contribution in [-0.2, 0) is 19.2 Å². The summed E-state index contributed by atoms with van der Waals surface area (Å²) in [6.07, 6.45) is 0.622. The Labute approximate surface area is 147 Å². The predicted octanol–water partition coefficient (Wildman–Crippen LogP) is -0.664. The van der Waals surface area contributed by atoms with Crippen molar-refractivity contribution in [1.82, 2.24) is 10.6 Å². The molecule has 0 bridgehead atoms. The van der Waals surface area contributed by atoms with Crippen LogP contribution in [0.5, 0.6) is 0 Å². The van der Waals surface area contributed by atoms with Crippen LogP contribution in [0.2, 0.25) is 0 Å². The third-order valence-corrected chi connectivity index (χ3v) is 4.06. The van der Waals surface area contributed by atoms with Crippen molar-refractivity contribution >= 4 is 23.7 Å². The van der Waals surface area contributed by atoms with Crippen molar-refractivity contribution in [1.29, 1.82) is 0 Å². The molecule has 0 aromatic heterocycles. The van der Waals surface area contributed by atoms with Crippen LogP contribution in [0, 0.1) is 11.8 Å². The number of carbonyl (C=O) groups excluding carboxylic acids is 3. The Morgan fingerprint density at radius 3 is 1.92 bits per heavy atom. The van der Waals surface area contributed by atoms with Gasteiger partial charge in [0.2, 0.25) is 17.7 Å². The summed E-state index contributed by atoms with van der Waals surface area (Å²) in [6, 6.07) is -2.95. The summed E-state index contributed by atoms with van der Waals surface area (Å²) in [4.78, 5) is 46.7. The van der Waals surface area contributed by atoms with Crippen LogP contribution < -0.4 is 22.1 Å². The van der Waals surface area contributed by atoms with Crippen molar-refractivity contribution in [3.05, 3.63) is 0 Å². The van der Waals surface area contributed by atoms with Crippen LogP contribution in [0.1, 0.15) is 47.0 Å². The zero-order valence-electron chi connectivity index (χ0n) is 15.2. The lowest BCUT2D eigenvalue weighted by molar-refractivity contribution is -0.143. The first-order valence-corrected chi connectivity index (χ1v) is 8.38. The van der Waals surface area contributed by atoms with Crippen LogP contribution in [0.4, 0.5) is 0 Å². The first kappa shape index (κ1) is 22.8. The summed E-state index contributed by atoms with van der Waals surface area (Å²) < 4.78 is 0. The fourth-order valence-corrected chi connectivity index (χ4v) is 2.15. The average Bonchev–Trinajstić information content (AvgIpc) is 2.53. The number of primary amides is 1. The maximum Gasteiger partial charge on any atom is 0.326 e. The van der Waals surface area contributed by atoms with Gasteiger partial charge in [-0.1, -0.05) is 34.1 Å². The molecule has 144 valence electrons. The Kier molecular flexibility index (Phi) is 9.73. The van der Waals surface area contributed by atoms with Crippen molar-refractivity contribution < 1.29 is 24.3 Å². The van der Waals surface area contributed by atoms with E-state index in [1.807, 2.05) is 6.92 Å². The van der Waals surface area contributed by atoms with Gasteiger partial charge in [0.15, 0.2) is 0 Å². The van der Waals surface area contributed by atoms with Crippen molar-refractivity contribution in [2.75, 3.05) is 0 Å². The van der Waals surface area contributed by atoms with Gasteiger partial charge in [0.05, 0.1) is 6.04 Å². The highest BCUT2D eigenvalue weighted by molar-refractivity contribution is 5.92. The zero-order valence-corrected chi connectivity index (χ0v) is 15.2. The summed E-state index contributed by atoms with van der Waals surface area (Å²) >= 11 is 0. The van der Waals surface area contributed by atoms with Gasteiger partial charge in [0, 0.05) is 6.42 Å². The van der Waals surface area contributed by atoms with E-state index in [4.69, 9.17) is 11.5 Å². The molecule has 0 rings (SSSR count). The maximum absolute atomic E-state index is 12.5. The molecule has 0 fully saturated rings. The molecule has 25 heavy (non-hydrogen) atoms. The summed E-state index contributed by atoms with van der Waals surface area (Å²) in [7, 11) is 0. The molecule has 0 spiro atoms. The molecule has 0 aliphatic heterocycles. The summed E-state index contributed by atoms with van der Waals surface area (Å²) in [5, 5.41) is 14.2. The van der Waals surface area contributed by atoms with Crippen molar-refractivity contribution in [3.63, 3.8) is 0 Å². The fourth-order valence-electron chi connectivity index (χ4n) is 2.15. The van der Waals surface area contributed by atoms with Crippen LogP contribution in [0.15, 0.2) is 0 Å². The van der Waals surface area contributed by atoms with Crippen LogP contribution in [0.25, 0.3) is 0 Å². The molecule has 0 aromatic carbocycles. The molecule has 4 atom stereocenters. The third-order valence-electron chi connectivity index (χ3n) is 4.06. The standard InChI is InChI=1S/C16H30N4O5/c1-5-9(4)13(15(23)19-12(8(2)3)16(24)25)20-14(22)10(17)6-7-11(18)21/h8-10,12-13H,5-7,17H2,1-4H3,(H2,18,21)(H,19,23)(H,20,22)(H,24,25). The van der Waals surface area contributed by atoms with Gasteiger partial charge >= 0.3 is 5.97 Å². The molecule has 0 saturated heterocycles. The van der Waals surface area contributed by atoms with E-state index in [2.05, 4.69) is 10.6 Å².